The highest BCUT2D eigenvalue weighted by Gasteiger charge is 2.39. The predicted molar refractivity (Wildman–Crippen MR) is 126 cm³/mol. The second kappa shape index (κ2) is 12.2. The molecule has 0 amide bonds. The van der Waals surface area contributed by atoms with Crippen molar-refractivity contribution < 1.29 is 20.1 Å². The molecule has 1 aromatic rings. The summed E-state index contributed by atoms with van der Waals surface area (Å²) in [6, 6.07) is 10.5. The van der Waals surface area contributed by atoms with Gasteiger partial charge in [-0.25, -0.2) is 0 Å². The van der Waals surface area contributed by atoms with Crippen molar-refractivity contribution in [3.05, 3.63) is 60.2 Å². The van der Waals surface area contributed by atoms with Crippen LogP contribution in [0.4, 0.5) is 0 Å². The SMILES string of the molecule is CC(C)(C)[C@@H](/C=C/[C@@H]1[C@@H](C/C=C\CCCC(=O)O)[C@@H](O)C[C@H]1O)CCc1ccccc1. The van der Waals surface area contributed by atoms with Gasteiger partial charge in [-0.2, -0.15) is 0 Å². The smallest absolute Gasteiger partial charge is 0.303 e. The predicted octanol–water partition coefficient (Wildman–Crippen LogP) is 5.40. The molecule has 0 unspecified atom stereocenters. The summed E-state index contributed by atoms with van der Waals surface area (Å²) in [4.78, 5) is 10.6. The zero-order chi connectivity index (χ0) is 22.9. The molecule has 5 atom stereocenters. The van der Waals surface area contributed by atoms with Gasteiger partial charge >= 0.3 is 5.97 Å². The van der Waals surface area contributed by atoms with E-state index in [2.05, 4.69) is 57.2 Å². The van der Waals surface area contributed by atoms with Gasteiger partial charge < -0.3 is 15.3 Å². The third-order valence-corrected chi connectivity index (χ3v) is 6.52. The fourth-order valence-electron chi connectivity index (χ4n) is 4.50. The Hall–Kier alpha value is -1.91. The molecule has 1 aliphatic rings. The van der Waals surface area contributed by atoms with Crippen molar-refractivity contribution in [1.29, 1.82) is 0 Å². The van der Waals surface area contributed by atoms with Gasteiger partial charge in [0, 0.05) is 18.8 Å². The van der Waals surface area contributed by atoms with E-state index < -0.39 is 18.2 Å². The van der Waals surface area contributed by atoms with E-state index in [4.69, 9.17) is 5.11 Å². The van der Waals surface area contributed by atoms with Crippen molar-refractivity contribution >= 4 is 5.97 Å². The maximum atomic E-state index is 10.6. The largest absolute Gasteiger partial charge is 0.481 e. The summed E-state index contributed by atoms with van der Waals surface area (Å²) in [6.07, 6.45) is 12.1. The Kier molecular flexibility index (Phi) is 9.98. The third-order valence-electron chi connectivity index (χ3n) is 6.52. The topological polar surface area (TPSA) is 77.8 Å². The molecule has 1 saturated carbocycles. The van der Waals surface area contributed by atoms with Crippen molar-refractivity contribution in [2.75, 3.05) is 0 Å². The maximum absolute atomic E-state index is 10.6. The van der Waals surface area contributed by atoms with Crippen molar-refractivity contribution in [2.45, 2.75) is 77.9 Å². The van der Waals surface area contributed by atoms with Gasteiger partial charge in [0.05, 0.1) is 12.2 Å². The van der Waals surface area contributed by atoms with E-state index in [1.54, 1.807) is 0 Å². The standard InChI is InChI=1S/C27H40O4/c1-27(2,3)21(16-15-20-11-7-6-8-12-20)17-18-23-22(24(28)19-25(23)29)13-9-4-5-10-14-26(30)31/h4,6-9,11-12,17-18,21-25,28-29H,5,10,13-16,19H2,1-3H3,(H,30,31)/b9-4-,18-17+/t21-,22-,23-,24+,25-/m1/s1. The van der Waals surface area contributed by atoms with Crippen LogP contribution in [-0.2, 0) is 11.2 Å². The number of carbonyl (C=O) groups is 1. The fraction of sp³-hybridized carbons (Fsp3) is 0.593. The lowest BCUT2D eigenvalue weighted by molar-refractivity contribution is -0.137. The van der Waals surface area contributed by atoms with E-state index in [0.717, 1.165) is 19.3 Å². The number of aryl methyl sites for hydroxylation is 1. The lowest BCUT2D eigenvalue weighted by Gasteiger charge is -2.29. The van der Waals surface area contributed by atoms with Crippen LogP contribution < -0.4 is 0 Å². The Balaban J connectivity index is 1.98. The second-order valence-electron chi connectivity index (χ2n) is 9.99. The lowest BCUT2D eigenvalue weighted by Crippen LogP contribution is -2.22. The van der Waals surface area contributed by atoms with Gasteiger partial charge in [-0.3, -0.25) is 4.79 Å². The van der Waals surface area contributed by atoms with Crippen LogP contribution in [0.25, 0.3) is 0 Å². The molecule has 1 aromatic carbocycles. The minimum atomic E-state index is -0.770. The Bertz CT molecular complexity index is 717. The molecule has 0 aromatic heterocycles. The molecule has 2 rings (SSSR count). The molecule has 0 radical (unpaired) electrons. The Morgan fingerprint density at radius 2 is 1.84 bits per heavy atom. The number of aliphatic carboxylic acids is 1. The molecular formula is C27H40O4. The van der Waals surface area contributed by atoms with E-state index >= 15 is 0 Å². The number of rotatable bonds is 11. The van der Waals surface area contributed by atoms with Gasteiger partial charge in [0.2, 0.25) is 0 Å². The maximum Gasteiger partial charge on any atom is 0.303 e. The second-order valence-corrected chi connectivity index (χ2v) is 9.99. The highest BCUT2D eigenvalue weighted by Crippen LogP contribution is 2.38. The minimum Gasteiger partial charge on any atom is -0.481 e. The van der Waals surface area contributed by atoms with E-state index in [0.29, 0.717) is 25.2 Å². The van der Waals surface area contributed by atoms with Crippen LogP contribution in [-0.4, -0.2) is 33.5 Å². The molecule has 1 fully saturated rings. The molecule has 0 heterocycles. The zero-order valence-electron chi connectivity index (χ0n) is 19.3. The van der Waals surface area contributed by atoms with E-state index in [9.17, 15) is 15.0 Å². The number of aliphatic hydroxyl groups is 2. The molecule has 0 aliphatic heterocycles. The van der Waals surface area contributed by atoms with Crippen molar-refractivity contribution in [2.24, 2.45) is 23.2 Å². The number of carboxylic acid groups (broad SMARTS) is 1. The summed E-state index contributed by atoms with van der Waals surface area (Å²) >= 11 is 0. The normalized spacial score (nSPS) is 25.5. The van der Waals surface area contributed by atoms with Gasteiger partial charge in [0.15, 0.2) is 0 Å². The van der Waals surface area contributed by atoms with Crippen LogP contribution in [0, 0.1) is 23.2 Å². The average molecular weight is 429 g/mol. The molecule has 0 bridgehead atoms. The Morgan fingerprint density at radius 1 is 1.13 bits per heavy atom. The summed E-state index contributed by atoms with van der Waals surface area (Å²) in [5, 5.41) is 29.7. The Labute approximate surface area is 187 Å². The molecule has 172 valence electrons. The molecule has 0 spiro atoms. The fourth-order valence-corrected chi connectivity index (χ4v) is 4.50. The monoisotopic (exact) mass is 428 g/mol. The van der Waals surface area contributed by atoms with Crippen LogP contribution in [0.15, 0.2) is 54.6 Å². The summed E-state index contributed by atoms with van der Waals surface area (Å²) < 4.78 is 0. The average Bonchev–Trinajstić information content (AvgIpc) is 2.96. The Morgan fingerprint density at radius 3 is 2.48 bits per heavy atom. The van der Waals surface area contributed by atoms with Gasteiger partial charge in [-0.05, 0) is 54.9 Å². The lowest BCUT2D eigenvalue weighted by atomic mass is 9.76. The van der Waals surface area contributed by atoms with Gasteiger partial charge in [0.25, 0.3) is 0 Å². The van der Waals surface area contributed by atoms with E-state index in [1.807, 2.05) is 18.2 Å². The number of allylic oxidation sites excluding steroid dienone is 3. The van der Waals surface area contributed by atoms with Crippen LogP contribution in [0.5, 0.6) is 0 Å². The van der Waals surface area contributed by atoms with Gasteiger partial charge in [-0.15, -0.1) is 0 Å². The highest BCUT2D eigenvalue weighted by atomic mass is 16.4. The molecule has 3 N–H and O–H groups in total. The number of benzene rings is 1. The first kappa shape index (κ1) is 25.4. The van der Waals surface area contributed by atoms with Crippen LogP contribution in [0.2, 0.25) is 0 Å². The first-order valence-electron chi connectivity index (χ1n) is 11.6. The highest BCUT2D eigenvalue weighted by molar-refractivity contribution is 5.66. The van der Waals surface area contributed by atoms with Gasteiger partial charge in [0.1, 0.15) is 0 Å². The first-order chi connectivity index (χ1) is 14.7. The number of aliphatic hydroxyl groups excluding tert-OH is 2. The van der Waals surface area contributed by atoms with Crippen molar-refractivity contribution in [1.82, 2.24) is 0 Å². The van der Waals surface area contributed by atoms with E-state index in [-0.39, 0.29) is 23.7 Å². The molecular weight excluding hydrogens is 388 g/mol. The number of unbranched alkanes of at least 4 members (excludes halogenated alkanes) is 1. The minimum absolute atomic E-state index is 0.00304. The summed E-state index contributed by atoms with van der Waals surface area (Å²) in [6.45, 7) is 6.76. The van der Waals surface area contributed by atoms with Crippen LogP contribution in [0.3, 0.4) is 0 Å². The van der Waals surface area contributed by atoms with Crippen LogP contribution >= 0.6 is 0 Å². The quantitative estimate of drug-likeness (QED) is 0.326. The van der Waals surface area contributed by atoms with E-state index in [1.165, 1.54) is 5.56 Å². The molecule has 4 nitrogen and oxygen atoms in total. The number of hydrogen-bond acceptors (Lipinski definition) is 3. The summed E-state index contributed by atoms with van der Waals surface area (Å²) in [5.74, 6) is -0.449. The summed E-state index contributed by atoms with van der Waals surface area (Å²) in [7, 11) is 0. The zero-order valence-corrected chi connectivity index (χ0v) is 19.3. The summed E-state index contributed by atoms with van der Waals surface area (Å²) in [5.41, 5.74) is 1.46. The van der Waals surface area contributed by atoms with Crippen molar-refractivity contribution in [3.8, 4) is 0 Å². The van der Waals surface area contributed by atoms with Gasteiger partial charge in [-0.1, -0.05) is 75.4 Å². The molecule has 31 heavy (non-hydrogen) atoms. The first-order valence-corrected chi connectivity index (χ1v) is 11.6. The molecule has 0 saturated heterocycles. The van der Waals surface area contributed by atoms with Crippen molar-refractivity contribution in [3.63, 3.8) is 0 Å². The molecule has 4 heteroatoms. The van der Waals surface area contributed by atoms with Crippen LogP contribution in [0.1, 0.15) is 64.9 Å². The third kappa shape index (κ3) is 8.62. The number of carboxylic acids is 1. The molecule has 1 aliphatic carbocycles. The number of hydrogen-bond donors (Lipinski definition) is 3.